The average Bonchev–Trinajstić information content (AvgIpc) is 2.59. The van der Waals surface area contributed by atoms with Gasteiger partial charge in [-0.3, -0.25) is 14.4 Å². The second-order valence-electron chi connectivity index (χ2n) is 6.67. The Morgan fingerprint density at radius 3 is 2.26 bits per heavy atom. The molecule has 0 fully saturated rings. The Balaban J connectivity index is 1.90. The van der Waals surface area contributed by atoms with Gasteiger partial charge in [0.25, 0.3) is 0 Å². The van der Waals surface area contributed by atoms with E-state index < -0.39 is 0 Å². The topological polar surface area (TPSA) is 78.5 Å². The van der Waals surface area contributed by atoms with Gasteiger partial charge in [-0.05, 0) is 48.7 Å². The molecule has 0 saturated heterocycles. The highest BCUT2D eigenvalue weighted by Gasteiger charge is 2.14. The molecule has 0 aliphatic heterocycles. The Kier molecular flexibility index (Phi) is 6.71. The summed E-state index contributed by atoms with van der Waals surface area (Å²) in [6.07, 6.45) is 0.188. The molecule has 0 bridgehead atoms. The van der Waals surface area contributed by atoms with Crippen LogP contribution < -0.4 is 10.6 Å². The van der Waals surface area contributed by atoms with Crippen LogP contribution in [0.5, 0.6) is 0 Å². The summed E-state index contributed by atoms with van der Waals surface area (Å²) >= 11 is 0. The number of hydrogen-bond acceptors (Lipinski definition) is 3. The van der Waals surface area contributed by atoms with Gasteiger partial charge in [-0.25, -0.2) is 0 Å². The number of carbonyl (C=O) groups is 3. The number of hydrogen-bond donors (Lipinski definition) is 2. The van der Waals surface area contributed by atoms with E-state index in [1.54, 1.807) is 31.3 Å². The van der Waals surface area contributed by atoms with E-state index in [4.69, 9.17) is 0 Å². The number of rotatable bonds is 6. The minimum absolute atomic E-state index is 0.0177. The van der Waals surface area contributed by atoms with Crippen LogP contribution >= 0.6 is 0 Å². The maximum atomic E-state index is 12.4. The van der Waals surface area contributed by atoms with Crippen molar-refractivity contribution in [1.82, 2.24) is 4.90 Å². The number of nitrogens with zero attached hydrogens (tertiary/aromatic N) is 1. The summed E-state index contributed by atoms with van der Waals surface area (Å²) in [6.45, 7) is 5.31. The van der Waals surface area contributed by atoms with Gasteiger partial charge in [0.2, 0.25) is 17.7 Å². The Labute approximate surface area is 159 Å². The van der Waals surface area contributed by atoms with Crippen LogP contribution in [0.1, 0.15) is 23.6 Å². The highest BCUT2D eigenvalue weighted by Crippen LogP contribution is 2.16. The Morgan fingerprint density at radius 2 is 1.63 bits per heavy atom. The lowest BCUT2D eigenvalue weighted by molar-refractivity contribution is -0.132. The van der Waals surface area contributed by atoms with Crippen molar-refractivity contribution in [3.05, 3.63) is 59.2 Å². The first-order chi connectivity index (χ1) is 12.7. The van der Waals surface area contributed by atoms with E-state index in [0.717, 1.165) is 22.4 Å². The summed E-state index contributed by atoms with van der Waals surface area (Å²) in [7, 11) is 1.61. The minimum atomic E-state index is -0.236. The van der Waals surface area contributed by atoms with Crippen molar-refractivity contribution in [2.75, 3.05) is 24.2 Å². The molecule has 0 atom stereocenters. The van der Waals surface area contributed by atoms with Crippen molar-refractivity contribution < 1.29 is 14.4 Å². The SMILES string of the molecule is CC(=O)Nc1ccc(CC(=O)N(C)CC(=O)Nc2cc(C)ccc2C)cc1. The van der Waals surface area contributed by atoms with E-state index in [9.17, 15) is 14.4 Å². The van der Waals surface area contributed by atoms with Gasteiger partial charge >= 0.3 is 0 Å². The van der Waals surface area contributed by atoms with E-state index in [0.29, 0.717) is 5.69 Å². The molecule has 2 aromatic rings. The molecule has 6 nitrogen and oxygen atoms in total. The first-order valence-electron chi connectivity index (χ1n) is 8.72. The number of likely N-dealkylation sites (N-methyl/N-ethyl adjacent to an activating group) is 1. The van der Waals surface area contributed by atoms with Crippen LogP contribution in [-0.2, 0) is 20.8 Å². The van der Waals surface area contributed by atoms with Gasteiger partial charge in [0, 0.05) is 25.3 Å². The molecule has 0 unspecified atom stereocenters. The van der Waals surface area contributed by atoms with Gasteiger partial charge < -0.3 is 15.5 Å². The molecule has 2 N–H and O–H groups in total. The molecule has 0 heterocycles. The number of amides is 3. The first-order valence-corrected chi connectivity index (χ1v) is 8.72. The molecule has 0 aromatic heterocycles. The molecule has 0 aliphatic carbocycles. The van der Waals surface area contributed by atoms with Gasteiger partial charge in [0.1, 0.15) is 0 Å². The molecule has 142 valence electrons. The number of benzene rings is 2. The Hall–Kier alpha value is -3.15. The van der Waals surface area contributed by atoms with E-state index in [-0.39, 0.29) is 30.7 Å². The molecule has 0 radical (unpaired) electrons. The summed E-state index contributed by atoms with van der Waals surface area (Å²) in [5.74, 6) is -0.535. The standard InChI is InChI=1S/C21H25N3O3/c1-14-5-6-15(2)19(11-14)23-20(26)13-24(4)21(27)12-17-7-9-18(10-8-17)22-16(3)25/h5-11H,12-13H2,1-4H3,(H,22,25)(H,23,26). The maximum absolute atomic E-state index is 12.4. The fraction of sp³-hybridized carbons (Fsp3) is 0.286. The smallest absolute Gasteiger partial charge is 0.243 e. The quantitative estimate of drug-likeness (QED) is 0.824. The predicted octanol–water partition coefficient (Wildman–Crippen LogP) is 2.90. The summed E-state index contributed by atoms with van der Waals surface area (Å²) in [6, 6.07) is 12.9. The summed E-state index contributed by atoms with van der Waals surface area (Å²) in [5, 5.41) is 5.53. The van der Waals surface area contributed by atoms with Crippen LogP contribution in [-0.4, -0.2) is 36.2 Å². The van der Waals surface area contributed by atoms with Gasteiger partial charge in [-0.15, -0.1) is 0 Å². The van der Waals surface area contributed by atoms with Crippen molar-refractivity contribution in [1.29, 1.82) is 0 Å². The lowest BCUT2D eigenvalue weighted by Gasteiger charge is -2.18. The molecule has 0 aliphatic rings. The summed E-state index contributed by atoms with van der Waals surface area (Å²) < 4.78 is 0. The summed E-state index contributed by atoms with van der Waals surface area (Å²) in [4.78, 5) is 37.0. The molecule has 3 amide bonds. The van der Waals surface area contributed by atoms with Crippen LogP contribution in [0.25, 0.3) is 0 Å². The second-order valence-corrected chi connectivity index (χ2v) is 6.67. The third-order valence-electron chi connectivity index (χ3n) is 4.10. The highest BCUT2D eigenvalue weighted by molar-refractivity contribution is 5.95. The Bertz CT molecular complexity index is 844. The van der Waals surface area contributed by atoms with E-state index >= 15 is 0 Å². The highest BCUT2D eigenvalue weighted by atomic mass is 16.2. The zero-order chi connectivity index (χ0) is 20.0. The van der Waals surface area contributed by atoms with E-state index in [2.05, 4.69) is 10.6 Å². The molecular weight excluding hydrogens is 342 g/mol. The average molecular weight is 367 g/mol. The van der Waals surface area contributed by atoms with Crippen LogP contribution in [0.3, 0.4) is 0 Å². The fourth-order valence-electron chi connectivity index (χ4n) is 2.58. The lowest BCUT2D eigenvalue weighted by atomic mass is 10.1. The molecule has 27 heavy (non-hydrogen) atoms. The number of nitrogens with one attached hydrogen (secondary N) is 2. The number of aryl methyl sites for hydroxylation is 2. The minimum Gasteiger partial charge on any atom is -0.336 e. The zero-order valence-electron chi connectivity index (χ0n) is 16.1. The molecule has 6 heteroatoms. The Morgan fingerprint density at radius 1 is 0.963 bits per heavy atom. The first kappa shape index (κ1) is 20.2. The zero-order valence-corrected chi connectivity index (χ0v) is 16.1. The normalized spacial score (nSPS) is 10.2. The maximum Gasteiger partial charge on any atom is 0.243 e. The van der Waals surface area contributed by atoms with Gasteiger partial charge in [-0.2, -0.15) is 0 Å². The lowest BCUT2D eigenvalue weighted by Crippen LogP contribution is -2.35. The molecule has 0 saturated carbocycles. The molecular formula is C21H25N3O3. The monoisotopic (exact) mass is 367 g/mol. The number of anilines is 2. The predicted molar refractivity (Wildman–Crippen MR) is 107 cm³/mol. The van der Waals surface area contributed by atoms with Crippen LogP contribution in [0.2, 0.25) is 0 Å². The number of carbonyl (C=O) groups excluding carboxylic acids is 3. The molecule has 2 aromatic carbocycles. The molecule has 2 rings (SSSR count). The molecule has 0 spiro atoms. The van der Waals surface area contributed by atoms with Crippen LogP contribution in [0.4, 0.5) is 11.4 Å². The van der Waals surface area contributed by atoms with Gasteiger partial charge in [-0.1, -0.05) is 24.3 Å². The third kappa shape index (κ3) is 6.26. The van der Waals surface area contributed by atoms with Crippen LogP contribution in [0, 0.1) is 13.8 Å². The van der Waals surface area contributed by atoms with Crippen LogP contribution in [0.15, 0.2) is 42.5 Å². The van der Waals surface area contributed by atoms with Crippen molar-refractivity contribution in [3.63, 3.8) is 0 Å². The third-order valence-corrected chi connectivity index (χ3v) is 4.10. The van der Waals surface area contributed by atoms with Crippen molar-refractivity contribution in [2.24, 2.45) is 0 Å². The van der Waals surface area contributed by atoms with Crippen molar-refractivity contribution in [2.45, 2.75) is 27.2 Å². The van der Waals surface area contributed by atoms with Gasteiger partial charge in [0.05, 0.1) is 13.0 Å². The van der Waals surface area contributed by atoms with E-state index in [1.807, 2.05) is 32.0 Å². The van der Waals surface area contributed by atoms with Crippen molar-refractivity contribution >= 4 is 29.1 Å². The van der Waals surface area contributed by atoms with Crippen molar-refractivity contribution in [3.8, 4) is 0 Å². The van der Waals surface area contributed by atoms with E-state index in [1.165, 1.54) is 11.8 Å². The summed E-state index contributed by atoms with van der Waals surface area (Å²) in [5.41, 5.74) is 4.29. The second kappa shape index (κ2) is 8.98. The largest absolute Gasteiger partial charge is 0.336 e. The van der Waals surface area contributed by atoms with Gasteiger partial charge in [0.15, 0.2) is 0 Å². The fourth-order valence-corrected chi connectivity index (χ4v) is 2.58.